The van der Waals surface area contributed by atoms with E-state index in [0.29, 0.717) is 23.5 Å². The Morgan fingerprint density at radius 1 is 0.966 bits per heavy atom. The van der Waals surface area contributed by atoms with Crippen LogP contribution in [0.25, 0.3) is 33.1 Å². The maximum atomic E-state index is 10.6. The van der Waals surface area contributed by atoms with Gasteiger partial charge in [-0.15, -0.1) is 0 Å². The zero-order valence-electron chi connectivity index (χ0n) is 15.6. The highest BCUT2D eigenvalue weighted by molar-refractivity contribution is 6.02. The second-order valence-corrected chi connectivity index (χ2v) is 6.90. The van der Waals surface area contributed by atoms with Crippen LogP contribution in [0.3, 0.4) is 0 Å². The van der Waals surface area contributed by atoms with Gasteiger partial charge in [0.25, 0.3) is 0 Å². The molecule has 5 rings (SSSR count). The van der Waals surface area contributed by atoms with Gasteiger partial charge in [0, 0.05) is 33.9 Å². The lowest BCUT2D eigenvalue weighted by molar-refractivity contribution is 0.460. The van der Waals surface area contributed by atoms with Crippen LogP contribution in [-0.4, -0.2) is 20.1 Å². The number of nitrogen functional groups attached to an aromatic ring is 1. The predicted octanol–water partition coefficient (Wildman–Crippen LogP) is 4.68. The number of pyridine rings is 2. The molecule has 5 aromatic rings. The Labute approximate surface area is 167 Å². The van der Waals surface area contributed by atoms with E-state index in [1.165, 1.54) is 0 Å². The van der Waals surface area contributed by atoms with E-state index in [2.05, 4.69) is 15.3 Å². The fourth-order valence-electron chi connectivity index (χ4n) is 3.59. The average molecular weight is 381 g/mol. The molecule has 0 radical (unpaired) electrons. The summed E-state index contributed by atoms with van der Waals surface area (Å²) >= 11 is 0. The number of aromatic hydroxyl groups is 1. The molecule has 0 saturated heterocycles. The number of para-hydroxylation sites is 1. The first-order valence-electron chi connectivity index (χ1n) is 9.33. The van der Waals surface area contributed by atoms with Crippen LogP contribution in [0.15, 0.2) is 72.9 Å². The third kappa shape index (κ3) is 3.10. The van der Waals surface area contributed by atoms with Crippen molar-refractivity contribution in [1.82, 2.24) is 15.0 Å². The van der Waals surface area contributed by atoms with Gasteiger partial charge in [-0.3, -0.25) is 4.98 Å². The van der Waals surface area contributed by atoms with Gasteiger partial charge in [-0.2, -0.15) is 0 Å². The molecular weight excluding hydrogens is 362 g/mol. The molecule has 0 aliphatic carbocycles. The van der Waals surface area contributed by atoms with Crippen molar-refractivity contribution in [2.24, 2.45) is 0 Å². The van der Waals surface area contributed by atoms with Gasteiger partial charge in [0.15, 0.2) is 5.88 Å². The Balaban J connectivity index is 1.66. The molecule has 0 aliphatic rings. The van der Waals surface area contributed by atoms with Crippen LogP contribution in [0.4, 0.5) is 11.4 Å². The third-order valence-corrected chi connectivity index (χ3v) is 4.96. The lowest BCUT2D eigenvalue weighted by Gasteiger charge is -2.12. The van der Waals surface area contributed by atoms with Crippen molar-refractivity contribution in [2.75, 3.05) is 11.1 Å². The number of nitrogens with zero attached hydrogens (tertiary/aromatic N) is 2. The summed E-state index contributed by atoms with van der Waals surface area (Å²) < 4.78 is 0. The first-order valence-corrected chi connectivity index (χ1v) is 9.33. The molecule has 0 fully saturated rings. The molecule has 0 spiro atoms. The van der Waals surface area contributed by atoms with Crippen LogP contribution in [0.5, 0.6) is 5.88 Å². The van der Waals surface area contributed by atoms with Gasteiger partial charge < -0.3 is 21.1 Å². The Morgan fingerprint density at radius 2 is 1.83 bits per heavy atom. The Kier molecular flexibility index (Phi) is 4.02. The van der Waals surface area contributed by atoms with Crippen molar-refractivity contribution >= 4 is 33.2 Å². The number of anilines is 2. The van der Waals surface area contributed by atoms with Crippen LogP contribution in [-0.2, 0) is 6.54 Å². The van der Waals surface area contributed by atoms with E-state index in [0.717, 1.165) is 33.2 Å². The van der Waals surface area contributed by atoms with E-state index >= 15 is 0 Å². The highest BCUT2D eigenvalue weighted by Gasteiger charge is 2.16. The maximum Gasteiger partial charge on any atom is 0.199 e. The summed E-state index contributed by atoms with van der Waals surface area (Å²) in [5.74, 6) is 0.0732. The summed E-state index contributed by atoms with van der Waals surface area (Å²) in [5, 5.41) is 15.9. The smallest absolute Gasteiger partial charge is 0.199 e. The molecule has 0 bridgehead atoms. The SMILES string of the molecule is Nc1ccc2[nH]c(O)c(-c3cc(NCc4ccccn4)c4ccccc4n3)c2c1. The summed E-state index contributed by atoms with van der Waals surface area (Å²) in [6.07, 6.45) is 1.78. The second kappa shape index (κ2) is 6.83. The molecule has 2 aromatic carbocycles. The summed E-state index contributed by atoms with van der Waals surface area (Å²) in [4.78, 5) is 12.2. The number of rotatable bonds is 4. The summed E-state index contributed by atoms with van der Waals surface area (Å²) in [6.45, 7) is 0.584. The van der Waals surface area contributed by atoms with Gasteiger partial charge in [-0.1, -0.05) is 24.3 Å². The molecule has 3 aromatic heterocycles. The molecule has 5 N–H and O–H groups in total. The van der Waals surface area contributed by atoms with Crippen LogP contribution < -0.4 is 11.1 Å². The minimum atomic E-state index is 0.0732. The van der Waals surface area contributed by atoms with Crippen molar-refractivity contribution in [3.63, 3.8) is 0 Å². The van der Waals surface area contributed by atoms with Gasteiger partial charge in [-0.25, -0.2) is 4.98 Å². The van der Waals surface area contributed by atoms with E-state index in [9.17, 15) is 5.11 Å². The molecular formula is C23H19N5O. The van der Waals surface area contributed by atoms with Crippen molar-refractivity contribution in [1.29, 1.82) is 0 Å². The van der Waals surface area contributed by atoms with Crippen LogP contribution in [0, 0.1) is 0 Å². The van der Waals surface area contributed by atoms with E-state index in [1.54, 1.807) is 12.3 Å². The lowest BCUT2D eigenvalue weighted by atomic mass is 10.1. The Bertz CT molecular complexity index is 1330. The lowest BCUT2D eigenvalue weighted by Crippen LogP contribution is -2.02. The fourth-order valence-corrected chi connectivity index (χ4v) is 3.59. The predicted molar refractivity (Wildman–Crippen MR) is 117 cm³/mol. The Hall–Kier alpha value is -4.06. The fraction of sp³-hybridized carbons (Fsp3) is 0.0435. The normalized spacial score (nSPS) is 11.2. The van der Waals surface area contributed by atoms with Gasteiger partial charge >= 0.3 is 0 Å². The molecule has 142 valence electrons. The number of hydrogen-bond donors (Lipinski definition) is 4. The van der Waals surface area contributed by atoms with Crippen LogP contribution in [0.1, 0.15) is 5.69 Å². The van der Waals surface area contributed by atoms with E-state index in [-0.39, 0.29) is 5.88 Å². The molecule has 0 unspecified atom stereocenters. The highest BCUT2D eigenvalue weighted by atomic mass is 16.3. The number of aromatic nitrogens is 3. The van der Waals surface area contributed by atoms with Gasteiger partial charge in [0.1, 0.15) is 0 Å². The van der Waals surface area contributed by atoms with E-state index in [4.69, 9.17) is 10.7 Å². The number of hydrogen-bond acceptors (Lipinski definition) is 5. The van der Waals surface area contributed by atoms with E-state index < -0.39 is 0 Å². The number of aromatic amines is 1. The molecule has 0 saturated carbocycles. The molecule has 6 nitrogen and oxygen atoms in total. The van der Waals surface area contributed by atoms with Gasteiger partial charge in [0.05, 0.1) is 29.0 Å². The van der Waals surface area contributed by atoms with Crippen molar-refractivity contribution in [3.8, 4) is 17.1 Å². The molecule has 3 heterocycles. The average Bonchev–Trinajstić information content (AvgIpc) is 3.07. The van der Waals surface area contributed by atoms with E-state index in [1.807, 2.05) is 60.7 Å². The van der Waals surface area contributed by atoms with Gasteiger partial charge in [0.2, 0.25) is 0 Å². The minimum absolute atomic E-state index is 0.0732. The second-order valence-electron chi connectivity index (χ2n) is 6.90. The van der Waals surface area contributed by atoms with Crippen LogP contribution in [0.2, 0.25) is 0 Å². The Morgan fingerprint density at radius 3 is 2.69 bits per heavy atom. The quantitative estimate of drug-likeness (QED) is 0.339. The van der Waals surface area contributed by atoms with Crippen molar-refractivity contribution < 1.29 is 5.11 Å². The summed E-state index contributed by atoms with van der Waals surface area (Å²) in [5.41, 5.74) is 11.4. The van der Waals surface area contributed by atoms with Gasteiger partial charge in [-0.05, 0) is 42.5 Å². The monoisotopic (exact) mass is 381 g/mol. The standard InChI is InChI=1S/C23H19N5O/c24-14-8-9-19-17(11-14)22(23(29)28-19)21-12-20(16-6-1-2-7-18(16)27-21)26-13-15-5-3-4-10-25-15/h1-12,28-29H,13,24H2,(H,26,27). The molecule has 29 heavy (non-hydrogen) atoms. The molecule has 0 amide bonds. The molecule has 6 heteroatoms. The maximum absolute atomic E-state index is 10.6. The molecule has 0 atom stereocenters. The number of fused-ring (bicyclic) bond motifs is 2. The van der Waals surface area contributed by atoms with Crippen molar-refractivity contribution in [3.05, 3.63) is 78.6 Å². The number of benzene rings is 2. The summed E-state index contributed by atoms with van der Waals surface area (Å²) in [7, 11) is 0. The largest absolute Gasteiger partial charge is 0.494 e. The minimum Gasteiger partial charge on any atom is -0.494 e. The topological polar surface area (TPSA) is 99.9 Å². The van der Waals surface area contributed by atoms with Crippen LogP contribution >= 0.6 is 0 Å². The van der Waals surface area contributed by atoms with Crippen molar-refractivity contribution in [2.45, 2.75) is 6.54 Å². The number of nitrogens with two attached hydrogens (primary N) is 1. The molecule has 0 aliphatic heterocycles. The summed E-state index contributed by atoms with van der Waals surface area (Å²) in [6, 6.07) is 21.2. The zero-order chi connectivity index (χ0) is 19.8. The first kappa shape index (κ1) is 17.1. The number of H-pyrrole nitrogens is 1. The highest BCUT2D eigenvalue weighted by Crippen LogP contribution is 2.39. The zero-order valence-corrected chi connectivity index (χ0v) is 15.6. The number of nitrogens with one attached hydrogen (secondary N) is 2. The first-order chi connectivity index (χ1) is 14.2. The third-order valence-electron chi connectivity index (χ3n) is 4.96.